The number of benzene rings is 1. The van der Waals surface area contributed by atoms with Crippen molar-refractivity contribution in [3.05, 3.63) is 23.3 Å². The summed E-state index contributed by atoms with van der Waals surface area (Å²) in [5, 5.41) is 0. The van der Waals surface area contributed by atoms with Crippen LogP contribution in [0.5, 0.6) is 11.5 Å². The van der Waals surface area contributed by atoms with E-state index >= 15 is 0 Å². The lowest BCUT2D eigenvalue weighted by molar-refractivity contribution is -0.147. The van der Waals surface area contributed by atoms with Gasteiger partial charge >= 0.3 is 5.97 Å². The highest BCUT2D eigenvalue weighted by atomic mass is 16.6. The topological polar surface area (TPSA) is 60.5 Å². The van der Waals surface area contributed by atoms with E-state index in [0.717, 1.165) is 57.0 Å². The lowest BCUT2D eigenvalue weighted by Gasteiger charge is -2.51. The van der Waals surface area contributed by atoms with Crippen LogP contribution in [0.1, 0.15) is 50.2 Å². The zero-order valence-electron chi connectivity index (χ0n) is 19.5. The van der Waals surface area contributed by atoms with Gasteiger partial charge in [0.05, 0.1) is 32.3 Å². The first kappa shape index (κ1) is 20.8. The minimum atomic E-state index is -0.0241. The van der Waals surface area contributed by atoms with Crippen molar-refractivity contribution in [2.75, 3.05) is 33.9 Å². The van der Waals surface area contributed by atoms with Crippen LogP contribution in [0.25, 0.3) is 0 Å². The van der Waals surface area contributed by atoms with E-state index in [1.54, 1.807) is 14.2 Å². The fourth-order valence-electron chi connectivity index (χ4n) is 7.54. The molecule has 1 aromatic carbocycles. The summed E-state index contributed by atoms with van der Waals surface area (Å²) >= 11 is 0. The molecule has 6 rings (SSSR count). The van der Waals surface area contributed by atoms with Gasteiger partial charge in [0.25, 0.3) is 0 Å². The maximum atomic E-state index is 13.0. The van der Waals surface area contributed by atoms with E-state index in [1.807, 2.05) is 0 Å². The van der Waals surface area contributed by atoms with Crippen LogP contribution in [0.4, 0.5) is 0 Å². The Hall–Kier alpha value is -1.79. The number of methoxy groups -OCH3 is 2. The number of fused-ring (bicyclic) bond motifs is 4. The van der Waals surface area contributed by atoms with Crippen LogP contribution in [0.2, 0.25) is 0 Å². The van der Waals surface area contributed by atoms with Crippen molar-refractivity contribution in [3.63, 3.8) is 0 Å². The highest BCUT2D eigenvalue weighted by Gasteiger charge is 2.65. The summed E-state index contributed by atoms with van der Waals surface area (Å²) in [5.41, 5.74) is 2.94. The van der Waals surface area contributed by atoms with Gasteiger partial charge in [0.2, 0.25) is 0 Å². The van der Waals surface area contributed by atoms with Gasteiger partial charge in [0, 0.05) is 25.6 Å². The summed E-state index contributed by atoms with van der Waals surface area (Å²) in [7, 11) is 3.36. The molecule has 5 aliphatic rings. The molecular weight excluding hydrogens is 406 g/mol. The molecule has 2 saturated heterocycles. The van der Waals surface area contributed by atoms with Crippen molar-refractivity contribution in [3.8, 4) is 11.5 Å². The van der Waals surface area contributed by atoms with Crippen LogP contribution < -0.4 is 9.47 Å². The summed E-state index contributed by atoms with van der Waals surface area (Å²) in [6.45, 7) is 5.91. The van der Waals surface area contributed by atoms with Gasteiger partial charge < -0.3 is 18.9 Å². The predicted octanol–water partition coefficient (Wildman–Crippen LogP) is 3.59. The van der Waals surface area contributed by atoms with E-state index in [9.17, 15) is 4.79 Å². The number of carbonyl (C=O) groups is 1. The van der Waals surface area contributed by atoms with E-state index in [1.165, 1.54) is 30.4 Å². The summed E-state index contributed by atoms with van der Waals surface area (Å²) in [5.74, 6) is 2.45. The van der Waals surface area contributed by atoms with Crippen LogP contribution >= 0.6 is 0 Å². The third-order valence-corrected chi connectivity index (χ3v) is 9.33. The molecule has 0 N–H and O–H groups in total. The first-order valence-corrected chi connectivity index (χ1v) is 12.3. The monoisotopic (exact) mass is 441 g/mol. The maximum absolute atomic E-state index is 13.0. The molecule has 32 heavy (non-hydrogen) atoms. The van der Waals surface area contributed by atoms with Gasteiger partial charge in [0.1, 0.15) is 6.10 Å². The lowest BCUT2D eigenvalue weighted by atomic mass is 9.53. The summed E-state index contributed by atoms with van der Waals surface area (Å²) in [6, 6.07) is 4.20. The van der Waals surface area contributed by atoms with Crippen molar-refractivity contribution >= 4 is 5.97 Å². The molecule has 2 aliphatic carbocycles. The number of epoxide rings is 1. The van der Waals surface area contributed by atoms with Gasteiger partial charge in [-0.1, -0.05) is 6.92 Å². The van der Waals surface area contributed by atoms with Crippen molar-refractivity contribution in [1.29, 1.82) is 0 Å². The Bertz CT molecular complexity index is 927. The SMILES string of the molecule is COc1cc2c(cc1OC)CN(C[C@H]1C(=O)O[C@@H]3C[C@@]4(C)CCC[C@@]5(CO5)[C@@H]4C[C@@H]31)CC2. The molecule has 2 saturated carbocycles. The molecule has 0 radical (unpaired) electrons. The van der Waals surface area contributed by atoms with E-state index in [0.29, 0.717) is 11.8 Å². The molecule has 6 heteroatoms. The average molecular weight is 442 g/mol. The Morgan fingerprint density at radius 1 is 1.16 bits per heavy atom. The van der Waals surface area contributed by atoms with Gasteiger partial charge in [-0.05, 0) is 73.1 Å². The fourth-order valence-corrected chi connectivity index (χ4v) is 7.54. The van der Waals surface area contributed by atoms with E-state index in [-0.39, 0.29) is 29.0 Å². The number of carbonyl (C=O) groups excluding carboxylic acids is 1. The molecule has 3 heterocycles. The molecular formula is C26H35NO5. The quantitative estimate of drug-likeness (QED) is 0.526. The molecule has 174 valence electrons. The molecule has 0 amide bonds. The maximum Gasteiger partial charge on any atom is 0.310 e. The van der Waals surface area contributed by atoms with Crippen LogP contribution in [0, 0.1) is 23.2 Å². The second-order valence-corrected chi connectivity index (χ2v) is 11.1. The van der Waals surface area contributed by atoms with Crippen molar-refractivity contribution in [2.45, 2.75) is 63.7 Å². The van der Waals surface area contributed by atoms with Crippen LogP contribution in [0.3, 0.4) is 0 Å². The first-order valence-electron chi connectivity index (χ1n) is 12.3. The zero-order chi connectivity index (χ0) is 22.1. The number of hydrogen-bond acceptors (Lipinski definition) is 6. The van der Waals surface area contributed by atoms with Crippen molar-refractivity contribution in [1.82, 2.24) is 4.90 Å². The smallest absolute Gasteiger partial charge is 0.310 e. The Labute approximate surface area is 190 Å². The second kappa shape index (κ2) is 7.36. The molecule has 1 spiro atoms. The Morgan fingerprint density at radius 3 is 2.62 bits per heavy atom. The third kappa shape index (κ3) is 3.17. The normalized spacial score (nSPS) is 40.3. The zero-order valence-corrected chi connectivity index (χ0v) is 19.5. The van der Waals surface area contributed by atoms with Gasteiger partial charge in [-0.2, -0.15) is 0 Å². The lowest BCUT2D eigenvalue weighted by Crippen LogP contribution is -2.51. The molecule has 3 aliphatic heterocycles. The molecule has 0 bridgehead atoms. The molecule has 6 nitrogen and oxygen atoms in total. The molecule has 1 aromatic rings. The molecule has 4 fully saturated rings. The van der Waals surface area contributed by atoms with Gasteiger partial charge in [-0.25, -0.2) is 0 Å². The largest absolute Gasteiger partial charge is 0.493 e. The molecule has 0 unspecified atom stereocenters. The predicted molar refractivity (Wildman–Crippen MR) is 119 cm³/mol. The van der Waals surface area contributed by atoms with E-state index in [2.05, 4.69) is 24.0 Å². The number of hydrogen-bond donors (Lipinski definition) is 0. The Morgan fingerprint density at radius 2 is 1.91 bits per heavy atom. The number of rotatable bonds is 4. The molecule has 6 atom stereocenters. The highest BCUT2D eigenvalue weighted by Crippen LogP contribution is 2.62. The first-order chi connectivity index (χ1) is 15.4. The Balaban J connectivity index is 1.19. The summed E-state index contributed by atoms with van der Waals surface area (Å²) < 4.78 is 23.1. The van der Waals surface area contributed by atoms with Crippen molar-refractivity contribution < 1.29 is 23.7 Å². The van der Waals surface area contributed by atoms with Gasteiger partial charge in [-0.15, -0.1) is 0 Å². The van der Waals surface area contributed by atoms with Gasteiger partial charge in [-0.3, -0.25) is 9.69 Å². The fraction of sp³-hybridized carbons (Fsp3) is 0.731. The van der Waals surface area contributed by atoms with Crippen LogP contribution in [-0.4, -0.2) is 56.5 Å². The number of esters is 1. The number of nitrogens with zero attached hydrogens (tertiary/aromatic N) is 1. The second-order valence-electron chi connectivity index (χ2n) is 11.1. The average Bonchev–Trinajstić information content (AvgIpc) is 3.49. The minimum Gasteiger partial charge on any atom is -0.493 e. The third-order valence-electron chi connectivity index (χ3n) is 9.33. The molecule has 0 aromatic heterocycles. The Kier molecular flexibility index (Phi) is 4.78. The van der Waals surface area contributed by atoms with E-state index < -0.39 is 0 Å². The standard InChI is InChI=1S/C26H35NO5/c1-25-6-4-7-26(15-31-26)23(25)11-18-19(24(28)32-22(18)12-25)14-27-8-5-16-9-20(29-2)21(30-3)10-17(16)13-27/h9-10,18-19,22-23H,4-8,11-15H2,1-3H3/t18-,19-,22-,23-,25-,26-/m1/s1. The van der Waals surface area contributed by atoms with Crippen LogP contribution in [-0.2, 0) is 27.2 Å². The van der Waals surface area contributed by atoms with Crippen LogP contribution in [0.15, 0.2) is 12.1 Å². The minimum absolute atomic E-state index is 0.0196. The van der Waals surface area contributed by atoms with E-state index in [4.69, 9.17) is 18.9 Å². The summed E-state index contributed by atoms with van der Waals surface area (Å²) in [6.07, 6.45) is 6.81. The summed E-state index contributed by atoms with van der Waals surface area (Å²) in [4.78, 5) is 15.4. The highest BCUT2D eigenvalue weighted by molar-refractivity contribution is 5.75. The number of ether oxygens (including phenoxy) is 4. The van der Waals surface area contributed by atoms with Crippen molar-refractivity contribution in [2.24, 2.45) is 23.2 Å². The van der Waals surface area contributed by atoms with Gasteiger partial charge in [0.15, 0.2) is 11.5 Å².